The van der Waals surface area contributed by atoms with Crippen molar-refractivity contribution in [1.29, 1.82) is 5.26 Å². The average Bonchev–Trinajstić information content (AvgIpc) is 2.82. The zero-order chi connectivity index (χ0) is 21.0. The number of hydrogen-bond acceptors (Lipinski definition) is 6. The van der Waals surface area contributed by atoms with Crippen molar-refractivity contribution in [1.82, 2.24) is 0 Å². The van der Waals surface area contributed by atoms with Gasteiger partial charge in [0.1, 0.15) is 0 Å². The van der Waals surface area contributed by atoms with Gasteiger partial charge in [-0.1, -0.05) is 13.0 Å². The normalized spacial score (nSPS) is 16.1. The Labute approximate surface area is 173 Å². The molecule has 2 amide bonds. The number of nitriles is 1. The fourth-order valence-electron chi connectivity index (χ4n) is 2.86. The molecule has 0 unspecified atom stereocenters. The van der Waals surface area contributed by atoms with Crippen molar-refractivity contribution in [3.8, 4) is 6.07 Å². The predicted octanol–water partition coefficient (Wildman–Crippen LogP) is 3.18. The Morgan fingerprint density at radius 3 is 2.86 bits per heavy atom. The fourth-order valence-corrected chi connectivity index (χ4v) is 5.17. The van der Waals surface area contributed by atoms with Gasteiger partial charge in [-0.25, -0.2) is 8.42 Å². The van der Waals surface area contributed by atoms with Gasteiger partial charge in [-0.3, -0.25) is 9.59 Å². The maximum absolute atomic E-state index is 12.7. The van der Waals surface area contributed by atoms with Crippen LogP contribution in [-0.4, -0.2) is 31.2 Å². The van der Waals surface area contributed by atoms with Gasteiger partial charge in [0, 0.05) is 28.7 Å². The van der Waals surface area contributed by atoms with Gasteiger partial charge in [0.05, 0.1) is 28.0 Å². The lowest BCUT2D eigenvalue weighted by molar-refractivity contribution is -0.116. The van der Waals surface area contributed by atoms with E-state index in [2.05, 4.69) is 10.6 Å². The molecule has 0 aromatic heterocycles. The molecular weight excluding hydrogens is 410 g/mol. The van der Waals surface area contributed by atoms with Crippen LogP contribution in [0.15, 0.2) is 52.3 Å². The summed E-state index contributed by atoms with van der Waals surface area (Å²) in [6.45, 7) is 1.94. The summed E-state index contributed by atoms with van der Waals surface area (Å²) in [4.78, 5) is 24.9. The van der Waals surface area contributed by atoms with Crippen LogP contribution in [-0.2, 0) is 19.4 Å². The third-order valence-electron chi connectivity index (χ3n) is 4.26. The van der Waals surface area contributed by atoms with E-state index in [0.717, 1.165) is 4.90 Å². The van der Waals surface area contributed by atoms with Gasteiger partial charge >= 0.3 is 0 Å². The third kappa shape index (κ3) is 5.37. The first-order valence-corrected chi connectivity index (χ1v) is 11.4. The number of nitrogens with one attached hydrogen (secondary N) is 2. The van der Waals surface area contributed by atoms with Gasteiger partial charge in [0.2, 0.25) is 11.8 Å². The van der Waals surface area contributed by atoms with Crippen LogP contribution in [0.25, 0.3) is 0 Å². The number of rotatable bonds is 5. The van der Waals surface area contributed by atoms with Crippen LogP contribution < -0.4 is 10.6 Å². The second-order valence-corrected chi connectivity index (χ2v) is 10.2. The molecule has 0 spiro atoms. The fraction of sp³-hybridized carbons (Fsp3) is 0.250. The van der Waals surface area contributed by atoms with Gasteiger partial charge < -0.3 is 10.6 Å². The van der Waals surface area contributed by atoms with Gasteiger partial charge in [0.25, 0.3) is 0 Å². The first-order valence-electron chi connectivity index (χ1n) is 8.90. The largest absolute Gasteiger partial charge is 0.326 e. The van der Waals surface area contributed by atoms with E-state index in [1.54, 1.807) is 24.3 Å². The van der Waals surface area contributed by atoms with E-state index in [1.165, 1.54) is 30.0 Å². The van der Waals surface area contributed by atoms with Gasteiger partial charge in [0.15, 0.2) is 9.84 Å². The number of carbonyl (C=O) groups is 2. The summed E-state index contributed by atoms with van der Waals surface area (Å²) in [5.74, 6) is -0.985. The second-order valence-electron chi connectivity index (χ2n) is 6.65. The van der Waals surface area contributed by atoms with E-state index < -0.39 is 15.7 Å². The Morgan fingerprint density at radius 1 is 1.31 bits per heavy atom. The number of anilines is 2. The predicted molar refractivity (Wildman–Crippen MR) is 111 cm³/mol. The molecular formula is C20H19N3O4S2. The molecule has 2 aromatic carbocycles. The minimum absolute atomic E-state index is 0.0611. The molecule has 0 aliphatic carbocycles. The molecule has 3 rings (SSSR count). The molecule has 0 saturated carbocycles. The number of fused-ring (bicyclic) bond motifs is 1. The van der Waals surface area contributed by atoms with Crippen LogP contribution in [0.1, 0.15) is 25.3 Å². The molecule has 0 radical (unpaired) electrons. The topological polar surface area (TPSA) is 116 Å². The Bertz CT molecular complexity index is 1110. The summed E-state index contributed by atoms with van der Waals surface area (Å²) in [6.07, 6.45) is 0.128. The second kappa shape index (κ2) is 8.68. The molecule has 1 aliphatic heterocycles. The summed E-state index contributed by atoms with van der Waals surface area (Å²) in [5, 5.41) is 14.3. The van der Waals surface area contributed by atoms with E-state index in [9.17, 15) is 18.0 Å². The molecule has 29 heavy (non-hydrogen) atoms. The highest BCUT2D eigenvalue weighted by molar-refractivity contribution is 8.00. The Hall–Kier alpha value is -2.83. The Kier molecular flexibility index (Phi) is 6.25. The van der Waals surface area contributed by atoms with Crippen LogP contribution >= 0.6 is 11.8 Å². The smallest absolute Gasteiger partial charge is 0.225 e. The lowest BCUT2D eigenvalue weighted by Crippen LogP contribution is -2.18. The number of hydrogen-bond donors (Lipinski definition) is 2. The summed E-state index contributed by atoms with van der Waals surface area (Å²) in [6, 6.07) is 13.0. The molecule has 2 aromatic rings. The SMILES string of the molecule is C[C@@H]1CC(=O)Nc2cc(S(=O)(=O)CCC(=O)Nc3cccc(C#N)c3)ccc2S1. The number of thioether (sulfide) groups is 1. The number of amides is 2. The number of nitrogens with zero attached hydrogens (tertiary/aromatic N) is 1. The molecule has 1 atom stereocenters. The summed E-state index contributed by atoms with van der Waals surface area (Å²) >= 11 is 1.51. The lowest BCUT2D eigenvalue weighted by Gasteiger charge is -2.11. The minimum atomic E-state index is -3.71. The molecule has 9 heteroatoms. The van der Waals surface area contributed by atoms with E-state index >= 15 is 0 Å². The molecule has 150 valence electrons. The zero-order valence-electron chi connectivity index (χ0n) is 15.6. The highest BCUT2D eigenvalue weighted by atomic mass is 32.2. The summed E-state index contributed by atoms with van der Waals surface area (Å²) < 4.78 is 25.3. The van der Waals surface area contributed by atoms with Crippen molar-refractivity contribution in [2.45, 2.75) is 34.8 Å². The van der Waals surface area contributed by atoms with Crippen LogP contribution in [0.4, 0.5) is 11.4 Å². The standard InChI is InChI=1S/C20H19N3O4S2/c1-13-9-20(25)23-17-11-16(5-6-18(17)28-13)29(26,27)8-7-19(24)22-15-4-2-3-14(10-15)12-21/h2-6,10-11,13H,7-9H2,1H3,(H,22,24)(H,23,25)/t13-/m1/s1. The Morgan fingerprint density at radius 2 is 2.10 bits per heavy atom. The molecule has 0 saturated heterocycles. The van der Waals surface area contributed by atoms with Gasteiger partial charge in [-0.2, -0.15) is 5.26 Å². The highest BCUT2D eigenvalue weighted by Crippen LogP contribution is 2.36. The average molecular weight is 430 g/mol. The van der Waals surface area contributed by atoms with Crippen molar-refractivity contribution < 1.29 is 18.0 Å². The van der Waals surface area contributed by atoms with Gasteiger partial charge in [-0.05, 0) is 36.4 Å². The van der Waals surface area contributed by atoms with Crippen LogP contribution in [0.5, 0.6) is 0 Å². The highest BCUT2D eigenvalue weighted by Gasteiger charge is 2.23. The van der Waals surface area contributed by atoms with Crippen LogP contribution in [0.2, 0.25) is 0 Å². The van der Waals surface area contributed by atoms with Crippen LogP contribution in [0, 0.1) is 11.3 Å². The van der Waals surface area contributed by atoms with Crippen molar-refractivity contribution in [3.63, 3.8) is 0 Å². The quantitative estimate of drug-likeness (QED) is 0.754. The molecule has 7 nitrogen and oxygen atoms in total. The maximum Gasteiger partial charge on any atom is 0.225 e. The molecule has 0 fully saturated rings. The van der Waals surface area contributed by atoms with Crippen molar-refractivity contribution >= 4 is 44.8 Å². The van der Waals surface area contributed by atoms with E-state index in [4.69, 9.17) is 5.26 Å². The first kappa shape index (κ1) is 20.9. The van der Waals surface area contributed by atoms with E-state index in [-0.39, 0.29) is 28.2 Å². The third-order valence-corrected chi connectivity index (χ3v) is 7.15. The Balaban J connectivity index is 1.69. The van der Waals surface area contributed by atoms with Crippen LogP contribution in [0.3, 0.4) is 0 Å². The summed E-state index contributed by atoms with van der Waals surface area (Å²) in [7, 11) is -3.71. The van der Waals surface area contributed by atoms with Crippen molar-refractivity contribution in [2.24, 2.45) is 0 Å². The van der Waals surface area contributed by atoms with Gasteiger partial charge in [-0.15, -0.1) is 11.8 Å². The minimum Gasteiger partial charge on any atom is -0.326 e. The first-order chi connectivity index (χ1) is 13.8. The molecule has 1 heterocycles. The number of sulfone groups is 1. The van der Waals surface area contributed by atoms with Crippen molar-refractivity contribution in [2.75, 3.05) is 16.4 Å². The zero-order valence-corrected chi connectivity index (χ0v) is 17.3. The monoisotopic (exact) mass is 429 g/mol. The van der Waals surface area contributed by atoms with Crippen molar-refractivity contribution in [3.05, 3.63) is 48.0 Å². The summed E-state index contributed by atoms with van der Waals surface area (Å²) in [5.41, 5.74) is 1.31. The number of carbonyl (C=O) groups excluding carboxylic acids is 2. The number of benzene rings is 2. The maximum atomic E-state index is 12.7. The van der Waals surface area contributed by atoms with E-state index in [0.29, 0.717) is 23.4 Å². The molecule has 2 N–H and O–H groups in total. The molecule has 1 aliphatic rings. The lowest BCUT2D eigenvalue weighted by atomic mass is 10.2. The molecule has 0 bridgehead atoms. The van der Waals surface area contributed by atoms with E-state index in [1.807, 2.05) is 13.0 Å².